The molecule has 128 valence electrons. The molecule has 2 aliphatic rings. The van der Waals surface area contributed by atoms with Gasteiger partial charge in [0.25, 0.3) is 0 Å². The van der Waals surface area contributed by atoms with E-state index in [0.29, 0.717) is 20.6 Å². The molecule has 2 aromatic rings. The zero-order valence-corrected chi connectivity index (χ0v) is 16.7. The Kier molecular flexibility index (Phi) is 4.11. The van der Waals surface area contributed by atoms with Gasteiger partial charge in [0, 0.05) is 33.8 Å². The smallest absolute Gasteiger partial charge is 0.389 e. The summed E-state index contributed by atoms with van der Waals surface area (Å²) in [5.74, 6) is 0. The first-order chi connectivity index (χ1) is 11.9. The van der Waals surface area contributed by atoms with Crippen LogP contribution in [0.25, 0.3) is 5.57 Å². The summed E-state index contributed by atoms with van der Waals surface area (Å²) >= 11 is 6.56. The average molecular weight is 468 g/mol. The highest BCUT2D eigenvalue weighted by Crippen LogP contribution is 2.41. The lowest BCUT2D eigenvalue weighted by atomic mass is 9.86. The van der Waals surface area contributed by atoms with Crippen LogP contribution in [-0.4, -0.2) is 20.6 Å². The van der Waals surface area contributed by atoms with Crippen molar-refractivity contribution in [3.05, 3.63) is 75.7 Å². The van der Waals surface area contributed by atoms with Crippen LogP contribution < -0.4 is 0 Å². The Morgan fingerprint density at radius 1 is 1.04 bits per heavy atom. The molecule has 3 heterocycles. The van der Waals surface area contributed by atoms with E-state index < -0.39 is 6.97 Å². The standard InChI is InChI=1S/C18H15BBr2F2N2/c1-2-3-12-4-6-13(7-5-12)18-14-8-10-16(20)24(14)19(22,23)25-15(18)9-11-17(25)21/h4-11H,2-3H2,1H3. The SMILES string of the molecule is CCCc1ccc(C2=C3C=CC(Br)=[N+]3[B-](F)(F)n3c(Br)ccc32)cc1. The number of fused-ring (bicyclic) bond motifs is 2. The maximum Gasteiger partial charge on any atom is 0.738 e. The second-order valence-corrected chi connectivity index (χ2v) is 7.86. The van der Waals surface area contributed by atoms with Gasteiger partial charge in [0.1, 0.15) is 0 Å². The number of hydrogen-bond donors (Lipinski definition) is 0. The van der Waals surface area contributed by atoms with Gasteiger partial charge in [-0.15, -0.1) is 0 Å². The molecule has 4 rings (SSSR count). The van der Waals surface area contributed by atoms with E-state index >= 15 is 8.63 Å². The van der Waals surface area contributed by atoms with E-state index in [9.17, 15) is 0 Å². The molecule has 0 saturated carbocycles. The molecule has 0 aliphatic carbocycles. The summed E-state index contributed by atoms with van der Waals surface area (Å²) < 4.78 is 33.2. The fourth-order valence-corrected chi connectivity index (χ4v) is 4.69. The molecule has 0 unspecified atom stereocenters. The number of rotatable bonds is 3. The molecule has 0 radical (unpaired) electrons. The van der Waals surface area contributed by atoms with Crippen LogP contribution in [0.1, 0.15) is 30.2 Å². The molecule has 1 aromatic heterocycles. The van der Waals surface area contributed by atoms with Crippen molar-refractivity contribution in [2.45, 2.75) is 19.8 Å². The van der Waals surface area contributed by atoms with E-state index in [0.717, 1.165) is 32.9 Å². The molecule has 0 atom stereocenters. The van der Waals surface area contributed by atoms with E-state index in [-0.39, 0.29) is 0 Å². The lowest BCUT2D eigenvalue weighted by Crippen LogP contribution is -2.50. The third kappa shape index (κ3) is 2.51. The van der Waals surface area contributed by atoms with Crippen molar-refractivity contribution >= 4 is 49.0 Å². The lowest BCUT2D eigenvalue weighted by Gasteiger charge is -2.32. The summed E-state index contributed by atoms with van der Waals surface area (Å²) in [7, 11) is 0. The summed E-state index contributed by atoms with van der Waals surface area (Å²) in [5.41, 5.74) is 4.05. The van der Waals surface area contributed by atoms with Crippen molar-refractivity contribution in [2.75, 3.05) is 0 Å². The maximum atomic E-state index is 15.1. The molecule has 25 heavy (non-hydrogen) atoms. The molecule has 0 saturated heterocycles. The van der Waals surface area contributed by atoms with E-state index in [4.69, 9.17) is 0 Å². The largest absolute Gasteiger partial charge is 0.738 e. The Morgan fingerprint density at radius 2 is 1.76 bits per heavy atom. The lowest BCUT2D eigenvalue weighted by molar-refractivity contribution is -0.358. The summed E-state index contributed by atoms with van der Waals surface area (Å²) in [6.45, 7) is -1.82. The molecule has 7 heteroatoms. The van der Waals surface area contributed by atoms with Gasteiger partial charge in [0.15, 0.2) is 5.70 Å². The molecule has 1 aromatic carbocycles. The third-order valence-electron chi connectivity index (χ3n) is 4.65. The van der Waals surface area contributed by atoms with Gasteiger partial charge >= 0.3 is 6.97 Å². The number of halogens is 4. The summed E-state index contributed by atoms with van der Waals surface area (Å²) in [6.07, 6.45) is 5.52. The fraction of sp³-hybridized carbons (Fsp3) is 0.167. The van der Waals surface area contributed by atoms with Crippen LogP contribution in [-0.2, 0) is 6.42 Å². The van der Waals surface area contributed by atoms with Gasteiger partial charge in [-0.25, -0.2) is 0 Å². The Morgan fingerprint density at radius 3 is 2.44 bits per heavy atom. The third-order valence-corrected chi connectivity index (χ3v) is 5.94. The molecular formula is C18H15BBr2F2N2. The van der Waals surface area contributed by atoms with Crippen LogP contribution >= 0.6 is 31.9 Å². The number of allylic oxidation sites excluding steroid dienone is 2. The molecular weight excluding hydrogens is 453 g/mol. The van der Waals surface area contributed by atoms with Crippen LogP contribution in [0.15, 0.2) is 58.9 Å². The van der Waals surface area contributed by atoms with E-state index in [1.807, 2.05) is 12.1 Å². The first-order valence-corrected chi connectivity index (χ1v) is 9.76. The molecule has 0 amide bonds. The Balaban J connectivity index is 1.97. The highest BCUT2D eigenvalue weighted by atomic mass is 79.9. The van der Waals surface area contributed by atoms with Gasteiger partial charge < -0.3 is 17.6 Å². The number of hydrogen-bond acceptors (Lipinski definition) is 0. The second-order valence-electron chi connectivity index (χ2n) is 6.23. The zero-order valence-electron chi connectivity index (χ0n) is 13.5. The molecule has 2 aliphatic heterocycles. The topological polar surface area (TPSA) is 7.94 Å². The number of benzene rings is 1. The number of aromatic nitrogens is 1. The maximum absolute atomic E-state index is 15.1. The summed E-state index contributed by atoms with van der Waals surface area (Å²) in [5, 5.41) is 0. The van der Waals surface area contributed by atoms with E-state index in [1.165, 1.54) is 5.56 Å². The van der Waals surface area contributed by atoms with Crippen molar-refractivity contribution in [1.82, 2.24) is 4.48 Å². The Bertz CT molecular complexity index is 956. The minimum absolute atomic E-state index is 0.374. The molecule has 0 fully saturated rings. The molecule has 0 spiro atoms. The van der Waals surface area contributed by atoms with Crippen LogP contribution in [0, 0.1) is 0 Å². The van der Waals surface area contributed by atoms with Gasteiger partial charge in [-0.3, -0.25) is 0 Å². The predicted octanol–water partition coefficient (Wildman–Crippen LogP) is 5.57. The number of nitrogens with zero attached hydrogens (tertiary/aromatic N) is 2. The zero-order chi connectivity index (χ0) is 17.8. The van der Waals surface area contributed by atoms with Crippen LogP contribution in [0.2, 0.25) is 0 Å². The van der Waals surface area contributed by atoms with Crippen molar-refractivity contribution in [3.63, 3.8) is 0 Å². The minimum Gasteiger partial charge on any atom is -0.389 e. The Labute approximate surface area is 161 Å². The van der Waals surface area contributed by atoms with Crippen LogP contribution in [0.4, 0.5) is 8.63 Å². The van der Waals surface area contributed by atoms with E-state index in [1.54, 1.807) is 24.3 Å². The predicted molar refractivity (Wildman–Crippen MR) is 105 cm³/mol. The summed E-state index contributed by atoms with van der Waals surface area (Å²) in [6, 6.07) is 11.6. The van der Waals surface area contributed by atoms with Crippen LogP contribution in [0.3, 0.4) is 0 Å². The Hall–Kier alpha value is -1.47. The van der Waals surface area contributed by atoms with Crippen molar-refractivity contribution in [2.24, 2.45) is 0 Å². The van der Waals surface area contributed by atoms with Gasteiger partial charge in [-0.2, -0.15) is 0 Å². The highest BCUT2D eigenvalue weighted by Gasteiger charge is 2.54. The highest BCUT2D eigenvalue weighted by molar-refractivity contribution is 9.18. The van der Waals surface area contributed by atoms with E-state index in [2.05, 4.69) is 50.9 Å². The first-order valence-electron chi connectivity index (χ1n) is 8.18. The first kappa shape index (κ1) is 17.0. The normalized spacial score (nSPS) is 18.0. The molecule has 0 bridgehead atoms. The molecule has 0 N–H and O–H groups in total. The monoisotopic (exact) mass is 466 g/mol. The van der Waals surface area contributed by atoms with Crippen molar-refractivity contribution in [3.8, 4) is 0 Å². The van der Waals surface area contributed by atoms with Gasteiger partial charge in [0.2, 0.25) is 4.62 Å². The average Bonchev–Trinajstić information content (AvgIpc) is 3.14. The minimum atomic E-state index is -3.96. The van der Waals surface area contributed by atoms with Gasteiger partial charge in [-0.05, 0) is 45.6 Å². The van der Waals surface area contributed by atoms with Crippen LogP contribution in [0.5, 0.6) is 0 Å². The molecule has 2 nitrogen and oxygen atoms in total. The van der Waals surface area contributed by atoms with Crippen molar-refractivity contribution in [1.29, 1.82) is 0 Å². The van der Waals surface area contributed by atoms with Crippen molar-refractivity contribution < 1.29 is 13.1 Å². The van der Waals surface area contributed by atoms with Gasteiger partial charge in [-0.1, -0.05) is 37.6 Å². The fourth-order valence-electron chi connectivity index (χ4n) is 3.55. The second kappa shape index (κ2) is 6.06. The quantitative estimate of drug-likeness (QED) is 0.521. The van der Waals surface area contributed by atoms with Gasteiger partial charge in [0.05, 0.1) is 10.2 Å². The summed E-state index contributed by atoms with van der Waals surface area (Å²) in [4.78, 5) is 0. The number of aryl methyl sites for hydroxylation is 1.